The fourth-order valence-corrected chi connectivity index (χ4v) is 1.88. The number of methoxy groups -OCH3 is 1. The normalized spacial score (nSPS) is 10.2. The third-order valence-electron chi connectivity index (χ3n) is 2.57. The predicted octanol–water partition coefficient (Wildman–Crippen LogP) is 3.74. The van der Waals surface area contributed by atoms with Gasteiger partial charge in [-0.2, -0.15) is 4.98 Å². The molecule has 1 N–H and O–H groups in total. The van der Waals surface area contributed by atoms with E-state index >= 15 is 0 Å². The second kappa shape index (κ2) is 6.07. The van der Waals surface area contributed by atoms with Crippen molar-refractivity contribution in [3.05, 3.63) is 40.3 Å². The van der Waals surface area contributed by atoms with Crippen LogP contribution in [0.5, 0.6) is 5.75 Å². The number of nitrogens with one attached hydrogen (secondary N) is 1. The van der Waals surface area contributed by atoms with Crippen LogP contribution in [0.2, 0.25) is 10.3 Å². The molecule has 1 aromatic heterocycles. The smallest absolute Gasteiger partial charge is 0.224 e. The number of benzene rings is 1. The van der Waals surface area contributed by atoms with Crippen LogP contribution in [-0.2, 0) is 0 Å². The Bertz CT molecular complexity index is 662. The second-order valence-corrected chi connectivity index (χ2v) is 4.67. The molecular weight excluding hydrogens is 301 g/mol. The van der Waals surface area contributed by atoms with E-state index in [0.29, 0.717) is 27.8 Å². The van der Waals surface area contributed by atoms with E-state index in [-0.39, 0.29) is 11.1 Å². The van der Waals surface area contributed by atoms with Gasteiger partial charge in [-0.25, -0.2) is 4.98 Å². The van der Waals surface area contributed by atoms with E-state index < -0.39 is 0 Å². The molecule has 2 rings (SSSR count). The average Bonchev–Trinajstić information content (AvgIpc) is 2.43. The molecule has 5 nitrogen and oxygen atoms in total. The van der Waals surface area contributed by atoms with E-state index in [1.165, 1.54) is 20.2 Å². The van der Waals surface area contributed by atoms with Crippen molar-refractivity contribution < 1.29 is 9.53 Å². The van der Waals surface area contributed by atoms with Gasteiger partial charge in [0.15, 0.2) is 11.6 Å². The number of nitrogens with zero attached hydrogens (tertiary/aromatic N) is 2. The van der Waals surface area contributed by atoms with Crippen LogP contribution in [0.1, 0.15) is 17.3 Å². The highest BCUT2D eigenvalue weighted by atomic mass is 35.5. The Labute approximate surface area is 125 Å². The van der Waals surface area contributed by atoms with Crippen LogP contribution in [0, 0.1) is 0 Å². The summed E-state index contributed by atoms with van der Waals surface area (Å²) in [6, 6.07) is 5.08. The molecule has 7 heteroatoms. The van der Waals surface area contributed by atoms with Gasteiger partial charge in [-0.1, -0.05) is 11.6 Å². The number of hydrogen-bond donors (Lipinski definition) is 1. The lowest BCUT2D eigenvalue weighted by Crippen LogP contribution is -2.03. The number of ketones is 1. The van der Waals surface area contributed by atoms with E-state index in [1.54, 1.807) is 18.2 Å². The SMILES string of the molecule is COc1ccc(Nc2nc(Cl)ncc2Cl)c(C(C)=O)c1. The lowest BCUT2D eigenvalue weighted by molar-refractivity contribution is 0.101. The first-order valence-corrected chi connectivity index (χ1v) is 6.41. The molecule has 104 valence electrons. The molecule has 0 unspecified atom stereocenters. The third kappa shape index (κ3) is 3.18. The van der Waals surface area contributed by atoms with Crippen LogP contribution in [0.4, 0.5) is 11.5 Å². The Kier molecular flexibility index (Phi) is 4.42. The zero-order valence-electron chi connectivity index (χ0n) is 10.8. The first-order chi connectivity index (χ1) is 9.51. The van der Waals surface area contributed by atoms with E-state index in [2.05, 4.69) is 15.3 Å². The van der Waals surface area contributed by atoms with Crippen LogP contribution in [0.25, 0.3) is 0 Å². The molecule has 0 aliphatic carbocycles. The van der Waals surface area contributed by atoms with E-state index in [9.17, 15) is 4.79 Å². The Morgan fingerprint density at radius 2 is 2.10 bits per heavy atom. The molecule has 2 aromatic rings. The molecule has 0 aliphatic heterocycles. The lowest BCUT2D eigenvalue weighted by Gasteiger charge is -2.12. The van der Waals surface area contributed by atoms with Gasteiger partial charge in [-0.3, -0.25) is 4.79 Å². The molecule has 0 fully saturated rings. The van der Waals surface area contributed by atoms with Gasteiger partial charge in [-0.05, 0) is 36.7 Å². The van der Waals surface area contributed by atoms with Crippen LogP contribution < -0.4 is 10.1 Å². The van der Waals surface area contributed by atoms with Crippen LogP contribution >= 0.6 is 23.2 Å². The van der Waals surface area contributed by atoms with E-state index in [1.807, 2.05) is 0 Å². The zero-order chi connectivity index (χ0) is 14.7. The highest BCUT2D eigenvalue weighted by Gasteiger charge is 2.12. The Balaban J connectivity index is 2.42. The van der Waals surface area contributed by atoms with Gasteiger partial charge < -0.3 is 10.1 Å². The lowest BCUT2D eigenvalue weighted by atomic mass is 10.1. The molecule has 0 saturated heterocycles. The van der Waals surface area contributed by atoms with E-state index in [4.69, 9.17) is 27.9 Å². The minimum absolute atomic E-state index is 0.0646. The first-order valence-electron chi connectivity index (χ1n) is 5.65. The molecule has 0 saturated carbocycles. The monoisotopic (exact) mass is 311 g/mol. The van der Waals surface area contributed by atoms with Crippen LogP contribution in [-0.4, -0.2) is 22.9 Å². The van der Waals surface area contributed by atoms with Gasteiger partial charge >= 0.3 is 0 Å². The Morgan fingerprint density at radius 3 is 2.75 bits per heavy atom. The molecule has 1 aromatic carbocycles. The number of rotatable bonds is 4. The van der Waals surface area contributed by atoms with Crippen molar-refractivity contribution in [3.63, 3.8) is 0 Å². The van der Waals surface area contributed by atoms with Gasteiger partial charge in [0.25, 0.3) is 0 Å². The fraction of sp³-hybridized carbons (Fsp3) is 0.154. The third-order valence-corrected chi connectivity index (χ3v) is 3.03. The molecule has 20 heavy (non-hydrogen) atoms. The number of Topliss-reactive ketones (excluding diaryl/α,β-unsaturated/α-hetero) is 1. The summed E-state index contributed by atoms with van der Waals surface area (Å²) in [5.74, 6) is 0.814. The Morgan fingerprint density at radius 1 is 1.35 bits per heavy atom. The average molecular weight is 312 g/mol. The van der Waals surface area contributed by atoms with Gasteiger partial charge in [0.2, 0.25) is 5.28 Å². The van der Waals surface area contributed by atoms with Crippen molar-refractivity contribution >= 4 is 40.5 Å². The quantitative estimate of drug-likeness (QED) is 0.688. The molecular formula is C13H11Cl2N3O2. The summed E-state index contributed by atoms with van der Waals surface area (Å²) in [6.45, 7) is 1.47. The van der Waals surface area contributed by atoms with Gasteiger partial charge in [0.05, 0.1) is 19.0 Å². The molecule has 0 radical (unpaired) electrons. The maximum atomic E-state index is 11.7. The minimum Gasteiger partial charge on any atom is -0.497 e. The number of carbonyl (C=O) groups excluding carboxylic acids is 1. The number of hydrogen-bond acceptors (Lipinski definition) is 5. The number of halogens is 2. The topological polar surface area (TPSA) is 64.1 Å². The standard InChI is InChI=1S/C13H11Cl2N3O2/c1-7(19)9-5-8(20-2)3-4-11(9)17-12-10(14)6-16-13(15)18-12/h3-6H,1-2H3,(H,16,17,18). The van der Waals surface area contributed by atoms with Gasteiger partial charge in [0.1, 0.15) is 10.8 Å². The van der Waals surface area contributed by atoms with Crippen molar-refractivity contribution in [2.45, 2.75) is 6.92 Å². The predicted molar refractivity (Wildman–Crippen MR) is 78.3 cm³/mol. The summed E-state index contributed by atoms with van der Waals surface area (Å²) >= 11 is 11.7. The molecule has 0 atom stereocenters. The maximum absolute atomic E-state index is 11.7. The summed E-state index contributed by atoms with van der Waals surface area (Å²) < 4.78 is 5.10. The van der Waals surface area contributed by atoms with Crippen LogP contribution in [0.15, 0.2) is 24.4 Å². The summed E-state index contributed by atoms with van der Waals surface area (Å²) in [7, 11) is 1.54. The van der Waals surface area contributed by atoms with Gasteiger partial charge in [0, 0.05) is 5.56 Å². The number of carbonyl (C=O) groups is 1. The summed E-state index contributed by atoms with van der Waals surface area (Å²) in [4.78, 5) is 19.4. The van der Waals surface area contributed by atoms with Gasteiger partial charge in [-0.15, -0.1) is 0 Å². The second-order valence-electron chi connectivity index (χ2n) is 3.93. The molecule has 0 amide bonds. The molecule has 0 spiro atoms. The summed E-state index contributed by atoms with van der Waals surface area (Å²) in [6.07, 6.45) is 1.39. The molecule has 1 heterocycles. The summed E-state index contributed by atoms with van der Waals surface area (Å²) in [5, 5.41) is 3.34. The largest absolute Gasteiger partial charge is 0.497 e. The zero-order valence-corrected chi connectivity index (χ0v) is 12.3. The maximum Gasteiger partial charge on any atom is 0.224 e. The fourth-order valence-electron chi connectivity index (χ4n) is 1.61. The highest BCUT2D eigenvalue weighted by molar-refractivity contribution is 6.33. The van der Waals surface area contributed by atoms with Crippen LogP contribution in [0.3, 0.4) is 0 Å². The number of ether oxygens (including phenoxy) is 1. The summed E-state index contributed by atoms with van der Waals surface area (Å²) in [5.41, 5.74) is 1.03. The highest BCUT2D eigenvalue weighted by Crippen LogP contribution is 2.28. The molecule has 0 aliphatic rings. The molecule has 0 bridgehead atoms. The van der Waals surface area contributed by atoms with Crippen molar-refractivity contribution in [2.75, 3.05) is 12.4 Å². The van der Waals surface area contributed by atoms with E-state index in [0.717, 1.165) is 0 Å². The first kappa shape index (κ1) is 14.6. The Hall–Kier alpha value is -1.85. The van der Waals surface area contributed by atoms with Crippen molar-refractivity contribution in [2.24, 2.45) is 0 Å². The minimum atomic E-state index is -0.109. The number of anilines is 2. The number of aromatic nitrogens is 2. The van der Waals surface area contributed by atoms with Crippen molar-refractivity contribution in [1.29, 1.82) is 0 Å². The van der Waals surface area contributed by atoms with Crippen molar-refractivity contribution in [3.8, 4) is 5.75 Å². The van der Waals surface area contributed by atoms with Crippen molar-refractivity contribution in [1.82, 2.24) is 9.97 Å².